The molecule has 0 radical (unpaired) electrons. The second-order valence-electron chi connectivity index (χ2n) is 8.60. The van der Waals surface area contributed by atoms with Gasteiger partial charge in [0.2, 0.25) is 5.58 Å². The summed E-state index contributed by atoms with van der Waals surface area (Å²) in [6, 6.07) is 8.23. The Hall–Kier alpha value is -3.30. The minimum Gasteiger partial charge on any atom is -0.491 e. The van der Waals surface area contributed by atoms with Crippen LogP contribution in [0.1, 0.15) is 34.5 Å². The first-order chi connectivity index (χ1) is 16.0. The quantitative estimate of drug-likeness (QED) is 0.464. The number of Topliss-reactive ketones (excluding diaryl/α,β-unsaturated/α-hetero) is 1. The Morgan fingerprint density at radius 3 is 2.45 bits per heavy atom. The Morgan fingerprint density at radius 2 is 1.76 bits per heavy atom. The van der Waals surface area contributed by atoms with E-state index in [2.05, 4.69) is 22.0 Å². The van der Waals surface area contributed by atoms with Crippen molar-refractivity contribution < 1.29 is 23.5 Å². The molecule has 5 rings (SSSR count). The standard InChI is InChI=1S/C24H24N2O7/c1-31-22-19(25-12-18-21(22)33-24(30)23(29)32-18)20(28)13-6-8-26(9-7-13)16-10-14-4-2-3-5-15(14)11-17(16)27/h2-5,12-13,16-17,27H,6-11H2,1H3. The zero-order valence-electron chi connectivity index (χ0n) is 18.2. The molecule has 1 saturated heterocycles. The SMILES string of the molecule is COc1c(C(=O)C2CCN(C3Cc4ccccc4CC3O)CC2)ncc2oc(=O)c(=O)oc12. The summed E-state index contributed by atoms with van der Waals surface area (Å²) in [6.45, 7) is 1.36. The van der Waals surface area contributed by atoms with E-state index in [4.69, 9.17) is 13.6 Å². The van der Waals surface area contributed by atoms with E-state index >= 15 is 0 Å². The zero-order valence-corrected chi connectivity index (χ0v) is 18.2. The summed E-state index contributed by atoms with van der Waals surface area (Å²) in [5.41, 5.74) is 0.0208. The van der Waals surface area contributed by atoms with Crippen LogP contribution in [0.5, 0.6) is 5.75 Å². The van der Waals surface area contributed by atoms with Gasteiger partial charge in [0, 0.05) is 18.4 Å². The van der Waals surface area contributed by atoms with Crippen LogP contribution in [-0.4, -0.2) is 53.1 Å². The highest BCUT2D eigenvalue weighted by Gasteiger charge is 2.36. The predicted octanol–water partition coefficient (Wildman–Crippen LogP) is 1.57. The molecule has 0 amide bonds. The number of ketones is 1. The van der Waals surface area contributed by atoms with Crippen LogP contribution in [0.25, 0.3) is 11.2 Å². The number of likely N-dealkylation sites (tertiary alicyclic amines) is 1. The minimum absolute atomic E-state index is 0.0138. The lowest BCUT2D eigenvalue weighted by atomic mass is 9.83. The van der Waals surface area contributed by atoms with Crippen LogP contribution in [0, 0.1) is 5.92 Å². The van der Waals surface area contributed by atoms with Crippen molar-refractivity contribution in [2.75, 3.05) is 20.2 Å². The molecular weight excluding hydrogens is 428 g/mol. The van der Waals surface area contributed by atoms with Crippen molar-refractivity contribution >= 4 is 16.9 Å². The lowest BCUT2D eigenvalue weighted by Crippen LogP contribution is -2.51. The predicted molar refractivity (Wildman–Crippen MR) is 118 cm³/mol. The van der Waals surface area contributed by atoms with Gasteiger partial charge in [0.25, 0.3) is 0 Å². The van der Waals surface area contributed by atoms with Gasteiger partial charge >= 0.3 is 11.3 Å². The molecule has 33 heavy (non-hydrogen) atoms. The average Bonchev–Trinajstić information content (AvgIpc) is 2.83. The van der Waals surface area contributed by atoms with E-state index in [1.807, 2.05) is 12.1 Å². The van der Waals surface area contributed by atoms with Gasteiger partial charge in [-0.15, -0.1) is 0 Å². The molecule has 2 aliphatic rings. The molecule has 2 aromatic heterocycles. The Kier molecular flexibility index (Phi) is 5.59. The molecule has 9 nitrogen and oxygen atoms in total. The van der Waals surface area contributed by atoms with E-state index in [0.29, 0.717) is 32.4 Å². The number of hydrogen-bond acceptors (Lipinski definition) is 9. The first-order valence-corrected chi connectivity index (χ1v) is 11.0. The average molecular weight is 452 g/mol. The Morgan fingerprint density at radius 1 is 1.09 bits per heavy atom. The molecule has 1 N–H and O–H groups in total. The number of fused-ring (bicyclic) bond motifs is 2. The van der Waals surface area contributed by atoms with Crippen molar-refractivity contribution in [2.45, 2.75) is 37.8 Å². The number of piperidine rings is 1. The van der Waals surface area contributed by atoms with Crippen molar-refractivity contribution in [3.05, 3.63) is 68.1 Å². The van der Waals surface area contributed by atoms with E-state index in [1.165, 1.54) is 24.4 Å². The number of carbonyl (C=O) groups excluding carboxylic acids is 1. The summed E-state index contributed by atoms with van der Waals surface area (Å²) in [5, 5.41) is 10.7. The van der Waals surface area contributed by atoms with Crippen LogP contribution in [0.2, 0.25) is 0 Å². The van der Waals surface area contributed by atoms with Gasteiger partial charge in [0.1, 0.15) is 0 Å². The van der Waals surface area contributed by atoms with Crippen molar-refractivity contribution in [3.63, 3.8) is 0 Å². The fourth-order valence-electron chi connectivity index (χ4n) is 5.01. The van der Waals surface area contributed by atoms with Gasteiger partial charge in [-0.25, -0.2) is 14.6 Å². The molecule has 2 atom stereocenters. The van der Waals surface area contributed by atoms with E-state index < -0.39 is 17.4 Å². The second-order valence-corrected chi connectivity index (χ2v) is 8.60. The number of nitrogens with zero attached hydrogens (tertiary/aromatic N) is 2. The Bertz CT molecular complexity index is 1320. The molecule has 9 heteroatoms. The molecule has 1 fully saturated rings. The first kappa shape index (κ1) is 21.5. The van der Waals surface area contributed by atoms with Crippen molar-refractivity contribution in [3.8, 4) is 5.75 Å². The number of rotatable bonds is 4. The molecular formula is C24H24N2O7. The Labute approximate surface area is 188 Å². The van der Waals surface area contributed by atoms with Crippen LogP contribution >= 0.6 is 0 Å². The molecule has 172 valence electrons. The van der Waals surface area contributed by atoms with Gasteiger partial charge in [0.15, 0.2) is 22.8 Å². The highest BCUT2D eigenvalue weighted by Crippen LogP contribution is 2.32. The topological polar surface area (TPSA) is 123 Å². The highest BCUT2D eigenvalue weighted by molar-refractivity contribution is 6.01. The fraction of sp³-hybridized carbons (Fsp3) is 0.417. The smallest absolute Gasteiger partial charge is 0.423 e. The number of methoxy groups -OCH3 is 1. The van der Waals surface area contributed by atoms with Gasteiger partial charge in [-0.1, -0.05) is 24.3 Å². The second kappa shape index (κ2) is 8.57. The summed E-state index contributed by atoms with van der Waals surface area (Å²) in [4.78, 5) is 42.7. The normalized spacial score (nSPS) is 21.6. The third-order valence-electron chi connectivity index (χ3n) is 6.75. The maximum atomic E-state index is 13.3. The lowest BCUT2D eigenvalue weighted by Gasteiger charge is -2.41. The fourth-order valence-corrected chi connectivity index (χ4v) is 5.01. The van der Waals surface area contributed by atoms with Gasteiger partial charge in [-0.2, -0.15) is 0 Å². The third kappa shape index (κ3) is 3.87. The summed E-state index contributed by atoms with van der Waals surface area (Å²) < 4.78 is 15.2. The maximum Gasteiger partial charge on any atom is 0.423 e. The van der Waals surface area contributed by atoms with Gasteiger partial charge < -0.3 is 18.7 Å². The molecule has 1 aliphatic heterocycles. The first-order valence-electron chi connectivity index (χ1n) is 11.0. The van der Waals surface area contributed by atoms with E-state index in [1.54, 1.807) is 0 Å². The van der Waals surface area contributed by atoms with Crippen molar-refractivity contribution in [1.82, 2.24) is 9.88 Å². The van der Waals surface area contributed by atoms with Gasteiger partial charge in [0.05, 0.1) is 19.4 Å². The number of hydrogen-bond donors (Lipinski definition) is 1. The van der Waals surface area contributed by atoms with Crippen LogP contribution in [0.4, 0.5) is 0 Å². The zero-order chi connectivity index (χ0) is 23.1. The summed E-state index contributed by atoms with van der Waals surface area (Å²) in [5.74, 6) is -0.507. The largest absolute Gasteiger partial charge is 0.491 e. The highest BCUT2D eigenvalue weighted by atomic mass is 16.5. The molecule has 2 unspecified atom stereocenters. The molecule has 0 saturated carbocycles. The van der Waals surface area contributed by atoms with Crippen LogP contribution in [0.15, 0.2) is 48.9 Å². The van der Waals surface area contributed by atoms with Crippen molar-refractivity contribution in [2.24, 2.45) is 5.92 Å². The maximum absolute atomic E-state index is 13.3. The third-order valence-corrected chi connectivity index (χ3v) is 6.75. The van der Waals surface area contributed by atoms with Gasteiger partial charge in [-0.05, 0) is 43.5 Å². The molecule has 3 aromatic rings. The number of aromatic nitrogens is 1. The van der Waals surface area contributed by atoms with E-state index in [0.717, 1.165) is 6.42 Å². The van der Waals surface area contributed by atoms with Crippen molar-refractivity contribution in [1.29, 1.82) is 0 Å². The molecule has 1 aliphatic carbocycles. The summed E-state index contributed by atoms with van der Waals surface area (Å²) >= 11 is 0. The van der Waals surface area contributed by atoms with Crippen LogP contribution in [0.3, 0.4) is 0 Å². The number of aliphatic hydroxyl groups is 1. The molecule has 0 spiro atoms. The lowest BCUT2D eigenvalue weighted by molar-refractivity contribution is 0.0238. The van der Waals surface area contributed by atoms with E-state index in [9.17, 15) is 19.5 Å². The minimum atomic E-state index is -1.17. The van der Waals surface area contributed by atoms with Gasteiger partial charge in [-0.3, -0.25) is 9.69 Å². The number of ether oxygens (including phenoxy) is 1. The number of pyridine rings is 1. The monoisotopic (exact) mass is 452 g/mol. The number of aliphatic hydroxyl groups excluding tert-OH is 1. The van der Waals surface area contributed by atoms with Crippen LogP contribution < -0.4 is 16.0 Å². The summed E-state index contributed by atoms with van der Waals surface area (Å²) in [7, 11) is 1.34. The molecule has 0 bridgehead atoms. The Balaban J connectivity index is 1.33. The summed E-state index contributed by atoms with van der Waals surface area (Å²) in [6.07, 6.45) is 3.41. The van der Waals surface area contributed by atoms with Crippen LogP contribution in [-0.2, 0) is 12.8 Å². The molecule has 3 heterocycles. The number of carbonyl (C=O) groups is 1. The number of benzene rings is 1. The van der Waals surface area contributed by atoms with E-state index in [-0.39, 0.29) is 40.4 Å². The molecule has 1 aromatic carbocycles.